The number of fused-ring (bicyclic) bond motifs is 1. The Kier molecular flexibility index (Phi) is 6.80. The maximum Gasteiger partial charge on any atom is 0.200 e. The Balaban J connectivity index is 1.58. The fourth-order valence-electron chi connectivity index (χ4n) is 6.02. The molecule has 0 bridgehead atoms. The van der Waals surface area contributed by atoms with Gasteiger partial charge in [-0.3, -0.25) is 0 Å². The molecule has 1 N–H and O–H groups in total. The average Bonchev–Trinajstić information content (AvgIpc) is 3.36. The first-order valence-corrected chi connectivity index (χ1v) is 11.6. The first kappa shape index (κ1) is 23.1. The molecule has 0 radical (unpaired) electrons. The second kappa shape index (κ2) is 9.42. The van der Waals surface area contributed by atoms with Gasteiger partial charge in [0.05, 0.1) is 12.7 Å². The van der Waals surface area contributed by atoms with Crippen LogP contribution in [0.5, 0.6) is 5.75 Å². The van der Waals surface area contributed by atoms with Crippen molar-refractivity contribution in [3.63, 3.8) is 0 Å². The Bertz CT molecular complexity index is 977. The minimum Gasteiger partial charge on any atom is -0.491 e. The van der Waals surface area contributed by atoms with E-state index in [9.17, 15) is 18.3 Å². The minimum absolute atomic E-state index is 0.00104. The summed E-state index contributed by atoms with van der Waals surface area (Å²) in [5, 5.41) is 10.1. The van der Waals surface area contributed by atoms with Gasteiger partial charge in [0.2, 0.25) is 5.82 Å². The van der Waals surface area contributed by atoms with Gasteiger partial charge in [-0.15, -0.1) is 0 Å². The fourth-order valence-corrected chi connectivity index (χ4v) is 6.02. The lowest BCUT2D eigenvalue weighted by Gasteiger charge is -2.23. The fraction of sp³-hybridized carbons (Fsp3) is 0.538. The predicted molar refractivity (Wildman–Crippen MR) is 115 cm³/mol. The van der Waals surface area contributed by atoms with Gasteiger partial charge in [-0.25, -0.2) is 13.2 Å². The van der Waals surface area contributed by atoms with E-state index in [1.807, 2.05) is 6.92 Å². The van der Waals surface area contributed by atoms with Crippen molar-refractivity contribution < 1.29 is 27.4 Å². The van der Waals surface area contributed by atoms with Crippen LogP contribution in [-0.2, 0) is 0 Å². The molecule has 2 aliphatic carbocycles. The summed E-state index contributed by atoms with van der Waals surface area (Å²) in [7, 11) is 0. The molecule has 2 aliphatic rings. The van der Waals surface area contributed by atoms with Gasteiger partial charge in [-0.1, -0.05) is 31.5 Å². The van der Waals surface area contributed by atoms with E-state index in [1.54, 1.807) is 19.1 Å². The third-order valence-electron chi connectivity index (χ3n) is 7.44. The smallest absolute Gasteiger partial charge is 0.200 e. The molecule has 2 unspecified atom stereocenters. The summed E-state index contributed by atoms with van der Waals surface area (Å²) < 4.78 is 64.2. The van der Waals surface area contributed by atoms with E-state index in [4.69, 9.17) is 4.74 Å². The van der Waals surface area contributed by atoms with Crippen LogP contribution < -0.4 is 4.74 Å². The number of ether oxygens (including phenoxy) is 1. The molecule has 0 aromatic heterocycles. The Hall–Kier alpha value is -2.08. The van der Waals surface area contributed by atoms with Crippen LogP contribution in [0.3, 0.4) is 0 Å². The predicted octanol–water partition coefficient (Wildman–Crippen LogP) is 7.16. The molecule has 2 nitrogen and oxygen atoms in total. The summed E-state index contributed by atoms with van der Waals surface area (Å²) in [5.41, 5.74) is 0.684. The van der Waals surface area contributed by atoms with E-state index in [1.165, 1.54) is 12.1 Å². The Morgan fingerprint density at radius 3 is 1.94 bits per heavy atom. The molecule has 5 atom stereocenters. The molecule has 2 aromatic rings. The summed E-state index contributed by atoms with van der Waals surface area (Å²) in [4.78, 5) is 0. The number of aliphatic hydroxyl groups excluding tert-OH is 1. The van der Waals surface area contributed by atoms with Crippen LogP contribution in [0, 0.1) is 35.1 Å². The average molecular weight is 451 g/mol. The van der Waals surface area contributed by atoms with Crippen LogP contribution >= 0.6 is 0 Å². The van der Waals surface area contributed by atoms with E-state index in [0.29, 0.717) is 36.8 Å². The van der Waals surface area contributed by atoms with Gasteiger partial charge in [0.15, 0.2) is 23.2 Å². The van der Waals surface area contributed by atoms with Crippen molar-refractivity contribution in [1.29, 1.82) is 0 Å². The van der Waals surface area contributed by atoms with Crippen molar-refractivity contribution in [3.05, 3.63) is 64.2 Å². The van der Waals surface area contributed by atoms with E-state index >= 15 is 4.39 Å². The SMILES string of the molecule is CCCC(O)c1ccc([C@H]2CC[C@H]3C(c4ccc(OCC)c(F)c4F)CC[C@@H]23)c(F)c1F. The second-order valence-corrected chi connectivity index (χ2v) is 9.09. The van der Waals surface area contributed by atoms with E-state index < -0.39 is 29.4 Å². The Labute approximate surface area is 186 Å². The van der Waals surface area contributed by atoms with Gasteiger partial charge in [-0.05, 0) is 79.9 Å². The first-order chi connectivity index (χ1) is 15.4. The topological polar surface area (TPSA) is 29.5 Å². The summed E-state index contributed by atoms with van der Waals surface area (Å²) in [6.45, 7) is 3.84. The van der Waals surface area contributed by atoms with Gasteiger partial charge in [0.1, 0.15) is 0 Å². The monoisotopic (exact) mass is 450 g/mol. The Morgan fingerprint density at radius 1 is 0.812 bits per heavy atom. The molecular weight excluding hydrogens is 420 g/mol. The lowest BCUT2D eigenvalue weighted by molar-refractivity contribution is 0.160. The van der Waals surface area contributed by atoms with Crippen LogP contribution in [0.25, 0.3) is 0 Å². The highest BCUT2D eigenvalue weighted by Crippen LogP contribution is 2.58. The molecule has 0 saturated heterocycles. The molecule has 2 saturated carbocycles. The quantitative estimate of drug-likeness (QED) is 0.454. The zero-order valence-corrected chi connectivity index (χ0v) is 18.5. The maximum atomic E-state index is 15.0. The highest BCUT2D eigenvalue weighted by molar-refractivity contribution is 5.36. The third kappa shape index (κ3) is 3.91. The van der Waals surface area contributed by atoms with Gasteiger partial charge < -0.3 is 9.84 Å². The zero-order chi connectivity index (χ0) is 23.0. The van der Waals surface area contributed by atoms with Crippen molar-refractivity contribution in [1.82, 2.24) is 0 Å². The van der Waals surface area contributed by atoms with Crippen LogP contribution in [0.2, 0.25) is 0 Å². The van der Waals surface area contributed by atoms with Crippen molar-refractivity contribution in [2.24, 2.45) is 11.8 Å². The summed E-state index contributed by atoms with van der Waals surface area (Å²) in [6, 6.07) is 6.18. The number of aliphatic hydroxyl groups is 1. The molecule has 32 heavy (non-hydrogen) atoms. The van der Waals surface area contributed by atoms with E-state index in [0.717, 1.165) is 12.8 Å². The summed E-state index contributed by atoms with van der Waals surface area (Å²) >= 11 is 0. The van der Waals surface area contributed by atoms with Gasteiger partial charge in [0.25, 0.3) is 0 Å². The van der Waals surface area contributed by atoms with Gasteiger partial charge in [0, 0.05) is 5.56 Å². The third-order valence-corrected chi connectivity index (χ3v) is 7.44. The van der Waals surface area contributed by atoms with E-state index in [-0.39, 0.29) is 41.6 Å². The van der Waals surface area contributed by atoms with Crippen LogP contribution in [-0.4, -0.2) is 11.7 Å². The molecule has 0 aliphatic heterocycles. The van der Waals surface area contributed by atoms with E-state index in [2.05, 4.69) is 0 Å². The number of hydrogen-bond acceptors (Lipinski definition) is 2. The van der Waals surface area contributed by atoms with Crippen LogP contribution in [0.15, 0.2) is 24.3 Å². The number of rotatable bonds is 7. The molecule has 0 spiro atoms. The minimum atomic E-state index is -1.02. The Morgan fingerprint density at radius 2 is 1.38 bits per heavy atom. The van der Waals surface area contributed by atoms with Crippen molar-refractivity contribution in [2.75, 3.05) is 6.61 Å². The molecule has 4 rings (SSSR count). The highest BCUT2D eigenvalue weighted by Gasteiger charge is 2.47. The highest BCUT2D eigenvalue weighted by atomic mass is 19.2. The van der Waals surface area contributed by atoms with Crippen molar-refractivity contribution in [2.45, 2.75) is 70.3 Å². The van der Waals surface area contributed by atoms with Crippen molar-refractivity contribution in [3.8, 4) is 5.75 Å². The molecule has 0 heterocycles. The molecule has 174 valence electrons. The number of hydrogen-bond donors (Lipinski definition) is 1. The standard InChI is InChI=1S/C26H30F4O2/c1-3-5-21(31)20-11-10-18(23(27)25(20)29)16-8-6-15-14(16)7-9-17(15)19-12-13-22(32-4-2)26(30)24(19)28/h10-17,21,31H,3-9H2,1-2H3/t14-,15-,16+,17?,21?/m1/s1. The zero-order valence-electron chi connectivity index (χ0n) is 18.5. The van der Waals surface area contributed by atoms with Gasteiger partial charge in [-0.2, -0.15) is 4.39 Å². The van der Waals surface area contributed by atoms with Crippen LogP contribution in [0.1, 0.15) is 87.0 Å². The second-order valence-electron chi connectivity index (χ2n) is 9.09. The molecular formula is C26H30F4O2. The van der Waals surface area contributed by atoms with Crippen LogP contribution in [0.4, 0.5) is 17.6 Å². The lowest BCUT2D eigenvalue weighted by Crippen LogP contribution is -2.15. The molecule has 0 amide bonds. The largest absolute Gasteiger partial charge is 0.491 e. The van der Waals surface area contributed by atoms with Crippen molar-refractivity contribution >= 4 is 0 Å². The number of halogens is 4. The van der Waals surface area contributed by atoms with Gasteiger partial charge >= 0.3 is 0 Å². The molecule has 6 heteroatoms. The summed E-state index contributed by atoms with van der Waals surface area (Å²) in [6.07, 6.45) is 2.91. The number of benzene rings is 2. The normalized spacial score (nSPS) is 25.7. The lowest BCUT2D eigenvalue weighted by atomic mass is 9.82. The molecule has 2 fully saturated rings. The first-order valence-electron chi connectivity index (χ1n) is 11.6. The maximum absolute atomic E-state index is 15.0. The molecule has 2 aromatic carbocycles. The summed E-state index contributed by atoms with van der Waals surface area (Å²) in [5.74, 6) is -3.88.